The Balaban J connectivity index is 2.29. The van der Waals surface area contributed by atoms with Gasteiger partial charge >= 0.3 is 6.09 Å². The van der Waals surface area contributed by atoms with Gasteiger partial charge in [-0.2, -0.15) is 0 Å². The maximum Gasteiger partial charge on any atom is 0.414 e. The third-order valence-electron chi connectivity index (χ3n) is 3.49. The number of allylic oxidation sites excluding steroid dienone is 1. The lowest BCUT2D eigenvalue weighted by Crippen LogP contribution is -2.37. The van der Waals surface area contributed by atoms with Crippen molar-refractivity contribution in [2.75, 3.05) is 25.5 Å². The minimum atomic E-state index is -0.481. The van der Waals surface area contributed by atoms with Crippen LogP contribution >= 0.6 is 0 Å². The standard InChI is InChI=1S/C18H26N2O2/c1-18(2,3)22-17(21)20-12-7-6-11-16(20)14-9-8-10-15(13-14)19(4)5/h8-11,13H,6-7,12H2,1-5H3. The monoisotopic (exact) mass is 302 g/mol. The second kappa shape index (κ2) is 6.42. The number of carbonyl (C=O) groups is 1. The maximum absolute atomic E-state index is 12.5. The minimum absolute atomic E-state index is 0.270. The van der Waals surface area contributed by atoms with Gasteiger partial charge in [-0.05, 0) is 45.7 Å². The SMILES string of the molecule is CN(C)c1cccc(C2=CCCCN2C(=O)OC(C)(C)C)c1. The number of ether oxygens (including phenoxy) is 1. The van der Waals surface area contributed by atoms with Crippen LogP contribution in [-0.4, -0.2) is 37.2 Å². The van der Waals surface area contributed by atoms with Gasteiger partial charge in [0.25, 0.3) is 0 Å². The molecule has 2 rings (SSSR count). The van der Waals surface area contributed by atoms with E-state index in [9.17, 15) is 4.79 Å². The van der Waals surface area contributed by atoms with E-state index in [-0.39, 0.29) is 6.09 Å². The van der Waals surface area contributed by atoms with Crippen molar-refractivity contribution in [2.24, 2.45) is 0 Å². The van der Waals surface area contributed by atoms with Crippen LogP contribution in [0.25, 0.3) is 5.70 Å². The Bertz CT molecular complexity index is 571. The number of nitrogens with zero attached hydrogens (tertiary/aromatic N) is 2. The number of hydrogen-bond acceptors (Lipinski definition) is 3. The van der Waals surface area contributed by atoms with Gasteiger partial charge in [-0.3, -0.25) is 4.90 Å². The first-order valence-corrected chi connectivity index (χ1v) is 7.76. The fourth-order valence-electron chi connectivity index (χ4n) is 2.44. The van der Waals surface area contributed by atoms with Gasteiger partial charge in [-0.1, -0.05) is 18.2 Å². The summed E-state index contributed by atoms with van der Waals surface area (Å²) in [5.74, 6) is 0. The molecule has 0 saturated carbocycles. The second-order valence-corrected chi connectivity index (χ2v) is 6.81. The van der Waals surface area contributed by atoms with Crippen LogP contribution in [0.4, 0.5) is 10.5 Å². The third-order valence-corrected chi connectivity index (χ3v) is 3.49. The van der Waals surface area contributed by atoms with Crippen LogP contribution in [0.2, 0.25) is 0 Å². The molecule has 0 unspecified atom stereocenters. The topological polar surface area (TPSA) is 32.8 Å². The number of benzene rings is 1. The number of rotatable bonds is 2. The van der Waals surface area contributed by atoms with Gasteiger partial charge in [0.2, 0.25) is 0 Å². The first-order chi connectivity index (χ1) is 10.3. The van der Waals surface area contributed by atoms with Gasteiger partial charge in [0.15, 0.2) is 0 Å². The lowest BCUT2D eigenvalue weighted by Gasteiger charge is -2.31. The summed E-state index contributed by atoms with van der Waals surface area (Å²) in [6.45, 7) is 6.38. The van der Waals surface area contributed by atoms with Crippen molar-refractivity contribution in [3.63, 3.8) is 0 Å². The lowest BCUT2D eigenvalue weighted by atomic mass is 10.0. The second-order valence-electron chi connectivity index (χ2n) is 6.81. The first kappa shape index (κ1) is 16.4. The molecule has 0 radical (unpaired) electrons. The van der Waals surface area contributed by atoms with Gasteiger partial charge < -0.3 is 9.64 Å². The summed E-state index contributed by atoms with van der Waals surface area (Å²) >= 11 is 0. The van der Waals surface area contributed by atoms with Crippen molar-refractivity contribution in [1.29, 1.82) is 0 Å². The van der Waals surface area contributed by atoms with Gasteiger partial charge in [0.1, 0.15) is 5.60 Å². The molecule has 0 atom stereocenters. The van der Waals surface area contributed by atoms with E-state index in [0.29, 0.717) is 6.54 Å². The number of hydrogen-bond donors (Lipinski definition) is 0. The zero-order valence-corrected chi connectivity index (χ0v) is 14.2. The Morgan fingerprint density at radius 3 is 2.64 bits per heavy atom. The van der Waals surface area contributed by atoms with Crippen molar-refractivity contribution in [3.8, 4) is 0 Å². The van der Waals surface area contributed by atoms with E-state index in [0.717, 1.165) is 29.8 Å². The fourth-order valence-corrected chi connectivity index (χ4v) is 2.44. The lowest BCUT2D eigenvalue weighted by molar-refractivity contribution is 0.0347. The summed E-state index contributed by atoms with van der Waals surface area (Å²) in [7, 11) is 4.03. The molecule has 0 saturated heterocycles. The zero-order valence-electron chi connectivity index (χ0n) is 14.2. The summed E-state index contributed by atoms with van der Waals surface area (Å²) in [4.78, 5) is 16.3. The van der Waals surface area contributed by atoms with Crippen LogP contribution < -0.4 is 4.90 Å². The normalized spacial score (nSPS) is 15.3. The Hall–Kier alpha value is -1.97. The number of carbonyl (C=O) groups excluding carboxylic acids is 1. The first-order valence-electron chi connectivity index (χ1n) is 7.76. The Labute approximate surface area is 133 Å². The van der Waals surface area contributed by atoms with Crippen molar-refractivity contribution < 1.29 is 9.53 Å². The predicted octanol–water partition coefficient (Wildman–Crippen LogP) is 4.12. The quantitative estimate of drug-likeness (QED) is 0.823. The molecule has 1 aliphatic rings. The molecule has 22 heavy (non-hydrogen) atoms. The molecule has 1 amide bonds. The Morgan fingerprint density at radius 1 is 1.27 bits per heavy atom. The zero-order chi connectivity index (χ0) is 16.3. The highest BCUT2D eigenvalue weighted by Gasteiger charge is 2.27. The van der Waals surface area contributed by atoms with Gasteiger partial charge in [-0.15, -0.1) is 0 Å². The van der Waals surface area contributed by atoms with E-state index in [2.05, 4.69) is 23.1 Å². The summed E-state index contributed by atoms with van der Waals surface area (Å²) < 4.78 is 5.54. The van der Waals surface area contributed by atoms with Crippen LogP contribution in [0.1, 0.15) is 39.2 Å². The van der Waals surface area contributed by atoms with Crippen LogP contribution in [-0.2, 0) is 4.74 Å². The van der Waals surface area contributed by atoms with E-state index in [1.54, 1.807) is 4.90 Å². The molecule has 0 spiro atoms. The molecular formula is C18H26N2O2. The molecule has 4 heteroatoms. The van der Waals surface area contributed by atoms with Crippen molar-refractivity contribution in [1.82, 2.24) is 4.90 Å². The van der Waals surface area contributed by atoms with E-state index >= 15 is 0 Å². The van der Waals surface area contributed by atoms with Crippen molar-refractivity contribution in [3.05, 3.63) is 35.9 Å². The molecule has 0 aromatic heterocycles. The summed E-state index contributed by atoms with van der Waals surface area (Å²) in [6.07, 6.45) is 3.81. The molecule has 0 fully saturated rings. The average Bonchev–Trinajstić information content (AvgIpc) is 2.45. The molecule has 4 nitrogen and oxygen atoms in total. The van der Waals surface area contributed by atoms with E-state index in [1.165, 1.54) is 0 Å². The van der Waals surface area contributed by atoms with Crippen LogP contribution in [0.5, 0.6) is 0 Å². The van der Waals surface area contributed by atoms with Crippen LogP contribution in [0.3, 0.4) is 0 Å². The van der Waals surface area contributed by atoms with Gasteiger partial charge in [0.05, 0.1) is 5.70 Å². The molecule has 120 valence electrons. The molecule has 0 aliphatic carbocycles. The molecule has 1 aliphatic heterocycles. The molecular weight excluding hydrogens is 276 g/mol. The van der Waals surface area contributed by atoms with Crippen molar-refractivity contribution in [2.45, 2.75) is 39.2 Å². The van der Waals surface area contributed by atoms with Gasteiger partial charge in [-0.25, -0.2) is 4.79 Å². The summed E-state index contributed by atoms with van der Waals surface area (Å²) in [5.41, 5.74) is 2.64. The molecule has 0 bridgehead atoms. The number of anilines is 1. The van der Waals surface area contributed by atoms with E-state index in [4.69, 9.17) is 4.74 Å². The highest BCUT2D eigenvalue weighted by atomic mass is 16.6. The predicted molar refractivity (Wildman–Crippen MR) is 90.9 cm³/mol. The fraction of sp³-hybridized carbons (Fsp3) is 0.500. The molecule has 0 N–H and O–H groups in total. The highest BCUT2D eigenvalue weighted by molar-refractivity contribution is 5.83. The largest absolute Gasteiger partial charge is 0.443 e. The van der Waals surface area contributed by atoms with Crippen LogP contribution in [0, 0.1) is 0 Å². The molecule has 1 aromatic rings. The average molecular weight is 302 g/mol. The smallest absolute Gasteiger partial charge is 0.414 e. The number of amides is 1. The highest BCUT2D eigenvalue weighted by Crippen LogP contribution is 2.28. The van der Waals surface area contributed by atoms with Crippen LogP contribution in [0.15, 0.2) is 30.3 Å². The Morgan fingerprint density at radius 2 is 2.00 bits per heavy atom. The van der Waals surface area contributed by atoms with Gasteiger partial charge in [0, 0.05) is 31.9 Å². The summed E-state index contributed by atoms with van der Waals surface area (Å²) in [5, 5.41) is 0. The minimum Gasteiger partial charge on any atom is -0.443 e. The van der Waals surface area contributed by atoms with E-state index in [1.807, 2.05) is 47.0 Å². The maximum atomic E-state index is 12.5. The Kier molecular flexibility index (Phi) is 4.79. The van der Waals surface area contributed by atoms with E-state index < -0.39 is 5.60 Å². The molecule has 1 heterocycles. The molecule has 1 aromatic carbocycles. The third kappa shape index (κ3) is 4.03. The van der Waals surface area contributed by atoms with Crippen molar-refractivity contribution >= 4 is 17.5 Å². The summed E-state index contributed by atoms with van der Waals surface area (Å²) in [6, 6.07) is 8.23.